The summed E-state index contributed by atoms with van der Waals surface area (Å²) in [6, 6.07) is 0. The van der Waals surface area contributed by atoms with Gasteiger partial charge in [-0.1, -0.05) is 194 Å². The first-order chi connectivity index (χ1) is 21.6. The van der Waals surface area contributed by atoms with Gasteiger partial charge in [0.15, 0.2) is 0 Å². The lowest BCUT2D eigenvalue weighted by Gasteiger charge is -2.27. The van der Waals surface area contributed by atoms with E-state index in [4.69, 9.17) is 0 Å². The average molecular weight is 623 g/mol. The van der Waals surface area contributed by atoms with E-state index in [1.54, 1.807) is 0 Å². The Morgan fingerprint density at radius 3 is 0.841 bits per heavy atom. The number of hydrogen-bond acceptors (Lipinski definition) is 3. The molecule has 0 saturated carbocycles. The van der Waals surface area contributed by atoms with E-state index in [1.807, 2.05) is 0 Å². The van der Waals surface area contributed by atoms with Crippen LogP contribution in [-0.2, 0) is 4.79 Å². The molecule has 0 amide bonds. The number of hydrogen-bond donors (Lipinski definition) is 1. The molecule has 0 spiro atoms. The van der Waals surface area contributed by atoms with Crippen LogP contribution in [0.1, 0.15) is 213 Å². The van der Waals surface area contributed by atoms with Crippen molar-refractivity contribution in [2.24, 2.45) is 0 Å². The van der Waals surface area contributed by atoms with Crippen LogP contribution in [0.15, 0.2) is 0 Å². The van der Waals surface area contributed by atoms with E-state index in [9.17, 15) is 9.90 Å². The number of carboxylic acid groups (broad SMARTS) is 1. The summed E-state index contributed by atoms with van der Waals surface area (Å²) in [6.45, 7) is 12.3. The van der Waals surface area contributed by atoms with Crippen LogP contribution in [-0.4, -0.2) is 60.1 Å². The van der Waals surface area contributed by atoms with Crippen LogP contribution in [0.2, 0.25) is 0 Å². The van der Waals surface area contributed by atoms with Crippen molar-refractivity contribution >= 4 is 5.97 Å². The third kappa shape index (κ3) is 34.3. The van der Waals surface area contributed by atoms with E-state index in [2.05, 4.69) is 30.6 Å². The molecule has 0 rings (SSSR count). The Kier molecular flexibility index (Phi) is 36.3. The zero-order chi connectivity index (χ0) is 32.2. The largest absolute Gasteiger partial charge is 0.480 e. The second kappa shape index (κ2) is 36.9. The highest BCUT2D eigenvalue weighted by molar-refractivity contribution is 5.69. The summed E-state index contributed by atoms with van der Waals surface area (Å²) in [5, 5.41) is 9.56. The van der Waals surface area contributed by atoms with Crippen molar-refractivity contribution in [3.63, 3.8) is 0 Å². The van der Waals surface area contributed by atoms with Crippen LogP contribution in [0.5, 0.6) is 0 Å². The molecule has 0 saturated heterocycles. The zero-order valence-electron chi connectivity index (χ0n) is 30.7. The molecule has 0 aromatic heterocycles. The minimum absolute atomic E-state index is 0.196. The molecule has 0 aromatic carbocycles. The molecular weight excluding hydrogens is 540 g/mol. The Morgan fingerprint density at radius 2 is 0.568 bits per heavy atom. The summed E-state index contributed by atoms with van der Waals surface area (Å²) in [7, 11) is 0. The fourth-order valence-corrected chi connectivity index (χ4v) is 6.55. The molecule has 0 aliphatic rings. The molecule has 44 heavy (non-hydrogen) atoms. The molecule has 0 radical (unpaired) electrons. The first kappa shape index (κ1) is 43.4. The molecule has 0 fully saturated rings. The van der Waals surface area contributed by atoms with Crippen molar-refractivity contribution in [1.29, 1.82) is 0 Å². The van der Waals surface area contributed by atoms with Crippen LogP contribution >= 0.6 is 0 Å². The minimum atomic E-state index is -0.673. The predicted octanol–water partition coefficient (Wildman–Crippen LogP) is 12.4. The van der Waals surface area contributed by atoms with Crippen LogP contribution in [0.25, 0.3) is 0 Å². The van der Waals surface area contributed by atoms with Gasteiger partial charge in [-0.05, 0) is 38.9 Å². The van der Waals surface area contributed by atoms with Crippen LogP contribution < -0.4 is 0 Å². The van der Waals surface area contributed by atoms with E-state index >= 15 is 0 Å². The normalized spacial score (nSPS) is 11.8. The summed E-state index contributed by atoms with van der Waals surface area (Å²) < 4.78 is 0. The fourth-order valence-electron chi connectivity index (χ4n) is 6.55. The molecule has 0 bridgehead atoms. The minimum Gasteiger partial charge on any atom is -0.480 e. The van der Waals surface area contributed by atoms with Crippen molar-refractivity contribution in [3.05, 3.63) is 0 Å². The Balaban J connectivity index is 4.38. The lowest BCUT2D eigenvalue weighted by Crippen LogP contribution is -2.39. The van der Waals surface area contributed by atoms with Gasteiger partial charge in [-0.15, -0.1) is 0 Å². The van der Waals surface area contributed by atoms with Crippen molar-refractivity contribution in [1.82, 2.24) is 9.80 Å². The third-order valence-electron chi connectivity index (χ3n) is 9.58. The van der Waals surface area contributed by atoms with Gasteiger partial charge in [0.2, 0.25) is 0 Å². The van der Waals surface area contributed by atoms with Crippen molar-refractivity contribution in [2.75, 3.05) is 39.3 Å². The number of carbonyl (C=O) groups is 1. The van der Waals surface area contributed by atoms with Gasteiger partial charge in [0.05, 0.1) is 6.54 Å². The maximum absolute atomic E-state index is 11.6. The third-order valence-corrected chi connectivity index (χ3v) is 9.58. The van der Waals surface area contributed by atoms with E-state index in [0.717, 1.165) is 26.1 Å². The number of rotatable bonds is 38. The van der Waals surface area contributed by atoms with Crippen molar-refractivity contribution in [3.8, 4) is 0 Å². The Labute approximate surface area is 277 Å². The zero-order valence-corrected chi connectivity index (χ0v) is 30.7. The number of unbranched alkanes of at least 4 members (excludes halogenated alkanes) is 27. The predicted molar refractivity (Wildman–Crippen MR) is 196 cm³/mol. The number of nitrogens with zero attached hydrogens (tertiary/aromatic N) is 2. The van der Waals surface area contributed by atoms with E-state index in [0.29, 0.717) is 0 Å². The van der Waals surface area contributed by atoms with Crippen LogP contribution in [0, 0.1) is 0 Å². The van der Waals surface area contributed by atoms with E-state index < -0.39 is 5.97 Å². The quantitative estimate of drug-likeness (QED) is 0.0696. The van der Waals surface area contributed by atoms with Gasteiger partial charge in [-0.2, -0.15) is 0 Å². The standard InChI is InChI=1S/C40H82N2O2/c1-4-7-10-13-16-19-22-25-28-31-34-41(35-32-29-26-23-20-17-14-11-8-5-2)37-38-42(39-40(43)44)36-33-30-27-24-21-18-15-12-9-6-3/h4-39H2,1-3H3,(H,43,44). The van der Waals surface area contributed by atoms with Gasteiger partial charge in [0, 0.05) is 13.1 Å². The smallest absolute Gasteiger partial charge is 0.317 e. The van der Waals surface area contributed by atoms with E-state index in [1.165, 1.54) is 199 Å². The molecule has 0 atom stereocenters. The molecule has 0 aromatic rings. The Hall–Kier alpha value is -0.610. The summed E-state index contributed by atoms with van der Waals surface area (Å²) in [5.41, 5.74) is 0. The van der Waals surface area contributed by atoms with Gasteiger partial charge in [0.1, 0.15) is 0 Å². The summed E-state index contributed by atoms with van der Waals surface area (Å²) in [6.07, 6.45) is 41.0. The lowest BCUT2D eigenvalue weighted by atomic mass is 10.1. The van der Waals surface area contributed by atoms with Crippen LogP contribution in [0.3, 0.4) is 0 Å². The highest BCUT2D eigenvalue weighted by atomic mass is 16.4. The van der Waals surface area contributed by atoms with Crippen LogP contribution in [0.4, 0.5) is 0 Å². The second-order valence-electron chi connectivity index (χ2n) is 14.1. The highest BCUT2D eigenvalue weighted by Crippen LogP contribution is 2.14. The van der Waals surface area contributed by atoms with Gasteiger partial charge in [-0.3, -0.25) is 9.69 Å². The monoisotopic (exact) mass is 623 g/mol. The molecule has 4 nitrogen and oxygen atoms in total. The van der Waals surface area contributed by atoms with Gasteiger partial charge < -0.3 is 10.0 Å². The Morgan fingerprint density at radius 1 is 0.341 bits per heavy atom. The molecule has 264 valence electrons. The summed E-state index contributed by atoms with van der Waals surface area (Å²) in [4.78, 5) is 16.5. The molecule has 4 heteroatoms. The molecule has 1 N–H and O–H groups in total. The second-order valence-corrected chi connectivity index (χ2v) is 14.1. The number of carboxylic acids is 1. The topological polar surface area (TPSA) is 43.8 Å². The lowest BCUT2D eigenvalue weighted by molar-refractivity contribution is -0.138. The molecule has 0 aliphatic heterocycles. The van der Waals surface area contributed by atoms with Crippen molar-refractivity contribution in [2.45, 2.75) is 213 Å². The van der Waals surface area contributed by atoms with Gasteiger partial charge >= 0.3 is 5.97 Å². The summed E-state index contributed by atoms with van der Waals surface area (Å²) in [5.74, 6) is -0.673. The molecule has 0 aliphatic carbocycles. The summed E-state index contributed by atoms with van der Waals surface area (Å²) >= 11 is 0. The molecule has 0 unspecified atom stereocenters. The van der Waals surface area contributed by atoms with Crippen molar-refractivity contribution < 1.29 is 9.90 Å². The first-order valence-corrected chi connectivity index (χ1v) is 20.3. The fraction of sp³-hybridized carbons (Fsp3) is 0.975. The van der Waals surface area contributed by atoms with Gasteiger partial charge in [-0.25, -0.2) is 0 Å². The van der Waals surface area contributed by atoms with Gasteiger partial charge in [0.25, 0.3) is 0 Å². The maximum Gasteiger partial charge on any atom is 0.317 e. The maximum atomic E-state index is 11.6. The first-order valence-electron chi connectivity index (χ1n) is 20.3. The highest BCUT2D eigenvalue weighted by Gasteiger charge is 2.12. The Bertz CT molecular complexity index is 531. The van der Waals surface area contributed by atoms with E-state index in [-0.39, 0.29) is 6.54 Å². The SMILES string of the molecule is CCCCCCCCCCCCN(CCCCCCCCCCCC)CCN(CCCCCCCCCCCC)CC(=O)O. The molecular formula is C40H82N2O2. The number of aliphatic carboxylic acids is 1. The average Bonchev–Trinajstić information content (AvgIpc) is 3.01. The molecule has 0 heterocycles.